The third kappa shape index (κ3) is 5.21. The molecule has 1 unspecified atom stereocenters. The van der Waals surface area contributed by atoms with Crippen molar-refractivity contribution in [1.82, 2.24) is 10.3 Å². The van der Waals surface area contributed by atoms with E-state index in [0.717, 1.165) is 42.6 Å². The third-order valence-corrected chi connectivity index (χ3v) is 6.97. The fourth-order valence-electron chi connectivity index (χ4n) is 4.89. The summed E-state index contributed by atoms with van der Waals surface area (Å²) in [5, 5.41) is 8.17. The molecule has 0 saturated heterocycles. The molecule has 0 bridgehead atoms. The van der Waals surface area contributed by atoms with Crippen LogP contribution in [0.5, 0.6) is 11.5 Å². The SMILES string of the molecule is Cc1ccc2nc(C(C)(C)C)cc(NC3CCC(NC(=O)C4COc5ccccc5O4)CC3)c2c1. The predicted octanol–water partition coefficient (Wildman–Crippen LogP) is 5.52. The zero-order chi connectivity index (χ0) is 24.6. The smallest absolute Gasteiger partial charge is 0.264 e. The van der Waals surface area contributed by atoms with Crippen LogP contribution in [0.3, 0.4) is 0 Å². The van der Waals surface area contributed by atoms with E-state index in [9.17, 15) is 4.79 Å². The minimum absolute atomic E-state index is 0.0249. The van der Waals surface area contributed by atoms with E-state index in [-0.39, 0.29) is 24.0 Å². The molecular formula is C29H35N3O3. The summed E-state index contributed by atoms with van der Waals surface area (Å²) < 4.78 is 11.6. The number of ether oxygens (including phenoxy) is 2. The maximum Gasteiger partial charge on any atom is 0.264 e. The van der Waals surface area contributed by atoms with Crippen molar-refractivity contribution in [3.05, 3.63) is 59.8 Å². The highest BCUT2D eigenvalue weighted by molar-refractivity contribution is 5.92. The van der Waals surface area contributed by atoms with Gasteiger partial charge in [0.1, 0.15) is 6.61 Å². The van der Waals surface area contributed by atoms with Crippen LogP contribution in [0.2, 0.25) is 0 Å². The Morgan fingerprint density at radius 2 is 1.69 bits per heavy atom. The molecule has 1 amide bonds. The second kappa shape index (κ2) is 9.40. The number of aryl methyl sites for hydroxylation is 1. The van der Waals surface area contributed by atoms with Crippen molar-refractivity contribution >= 4 is 22.5 Å². The summed E-state index contributed by atoms with van der Waals surface area (Å²) in [5.74, 6) is 1.22. The first kappa shape index (κ1) is 23.5. The van der Waals surface area contributed by atoms with Gasteiger partial charge < -0.3 is 20.1 Å². The lowest BCUT2D eigenvalue weighted by molar-refractivity contribution is -0.131. The average molecular weight is 474 g/mol. The van der Waals surface area contributed by atoms with Crippen LogP contribution in [-0.4, -0.2) is 35.7 Å². The number of para-hydroxylation sites is 2. The number of carbonyl (C=O) groups is 1. The van der Waals surface area contributed by atoms with Gasteiger partial charge in [-0.1, -0.05) is 44.5 Å². The van der Waals surface area contributed by atoms with E-state index >= 15 is 0 Å². The Balaban J connectivity index is 1.21. The molecule has 2 aromatic carbocycles. The summed E-state index contributed by atoms with van der Waals surface area (Å²) in [5.41, 5.74) is 4.48. The van der Waals surface area contributed by atoms with Gasteiger partial charge in [-0.2, -0.15) is 0 Å². The molecule has 2 heterocycles. The van der Waals surface area contributed by atoms with Crippen molar-refractivity contribution < 1.29 is 14.3 Å². The summed E-state index contributed by atoms with van der Waals surface area (Å²) in [6.45, 7) is 8.96. The van der Waals surface area contributed by atoms with Crippen LogP contribution >= 0.6 is 0 Å². The minimum atomic E-state index is -0.608. The minimum Gasteiger partial charge on any atom is -0.485 e. The second-order valence-corrected chi connectivity index (χ2v) is 10.9. The van der Waals surface area contributed by atoms with Gasteiger partial charge in [-0.25, -0.2) is 0 Å². The first-order chi connectivity index (χ1) is 16.8. The van der Waals surface area contributed by atoms with Crippen LogP contribution < -0.4 is 20.1 Å². The molecule has 1 saturated carbocycles. The molecule has 6 nitrogen and oxygen atoms in total. The van der Waals surface area contributed by atoms with E-state index in [1.54, 1.807) is 0 Å². The van der Waals surface area contributed by atoms with E-state index in [1.807, 2.05) is 24.3 Å². The number of rotatable bonds is 4. The van der Waals surface area contributed by atoms with E-state index in [4.69, 9.17) is 14.5 Å². The standard InChI is InChI=1S/C29H35N3O3/c1-18-9-14-22-21(15-18)23(16-27(32-22)29(2,3)4)30-19-10-12-20(13-11-19)31-28(33)26-17-34-24-7-5-6-8-25(24)35-26/h5-9,14-16,19-20,26H,10-13,17H2,1-4H3,(H,30,32)(H,31,33). The van der Waals surface area contributed by atoms with Crippen LogP contribution in [0.1, 0.15) is 57.7 Å². The van der Waals surface area contributed by atoms with E-state index in [2.05, 4.69) is 62.6 Å². The first-order valence-corrected chi connectivity index (χ1v) is 12.6. The summed E-state index contributed by atoms with van der Waals surface area (Å²) >= 11 is 0. The molecule has 1 atom stereocenters. The number of anilines is 1. The number of nitrogens with one attached hydrogen (secondary N) is 2. The van der Waals surface area contributed by atoms with Gasteiger partial charge >= 0.3 is 0 Å². The van der Waals surface area contributed by atoms with Gasteiger partial charge in [0.2, 0.25) is 6.10 Å². The molecule has 1 aromatic heterocycles. The Kier molecular flexibility index (Phi) is 6.30. The predicted molar refractivity (Wildman–Crippen MR) is 139 cm³/mol. The van der Waals surface area contributed by atoms with Crippen molar-refractivity contribution in [2.24, 2.45) is 0 Å². The number of aromatic nitrogens is 1. The molecule has 6 heteroatoms. The van der Waals surface area contributed by atoms with Gasteiger partial charge in [-0.05, 0) is 62.9 Å². The topological polar surface area (TPSA) is 72.5 Å². The zero-order valence-electron chi connectivity index (χ0n) is 21.1. The van der Waals surface area contributed by atoms with Gasteiger partial charge in [0, 0.05) is 34.3 Å². The van der Waals surface area contributed by atoms with Gasteiger partial charge in [-0.15, -0.1) is 0 Å². The Hall–Kier alpha value is -3.28. The van der Waals surface area contributed by atoms with Crippen molar-refractivity contribution in [2.75, 3.05) is 11.9 Å². The number of carbonyl (C=O) groups excluding carboxylic acids is 1. The van der Waals surface area contributed by atoms with Gasteiger partial charge in [0.05, 0.1) is 5.52 Å². The molecule has 35 heavy (non-hydrogen) atoms. The molecular weight excluding hydrogens is 438 g/mol. The molecule has 1 fully saturated rings. The van der Waals surface area contributed by atoms with Crippen LogP contribution in [-0.2, 0) is 10.2 Å². The maximum atomic E-state index is 12.8. The molecule has 0 radical (unpaired) electrons. The molecule has 2 aliphatic rings. The van der Waals surface area contributed by atoms with Gasteiger partial charge in [-0.3, -0.25) is 9.78 Å². The summed E-state index contributed by atoms with van der Waals surface area (Å²) in [4.78, 5) is 17.8. The van der Waals surface area contributed by atoms with Crippen LogP contribution in [0, 0.1) is 6.92 Å². The summed E-state index contributed by atoms with van der Waals surface area (Å²) in [6.07, 6.45) is 3.25. The number of benzene rings is 2. The summed E-state index contributed by atoms with van der Waals surface area (Å²) in [7, 11) is 0. The van der Waals surface area contributed by atoms with Crippen LogP contribution in [0.25, 0.3) is 10.9 Å². The first-order valence-electron chi connectivity index (χ1n) is 12.6. The van der Waals surface area contributed by atoms with Crippen molar-refractivity contribution in [1.29, 1.82) is 0 Å². The Labute approximate surface area is 207 Å². The number of nitrogens with zero attached hydrogens (tertiary/aromatic N) is 1. The second-order valence-electron chi connectivity index (χ2n) is 10.9. The zero-order valence-corrected chi connectivity index (χ0v) is 21.1. The number of hydrogen-bond donors (Lipinski definition) is 2. The number of hydrogen-bond acceptors (Lipinski definition) is 5. The van der Waals surface area contributed by atoms with Crippen molar-refractivity contribution in [3.8, 4) is 11.5 Å². The molecule has 5 rings (SSSR count). The molecule has 184 valence electrons. The molecule has 2 N–H and O–H groups in total. The highest BCUT2D eigenvalue weighted by Crippen LogP contribution is 2.33. The van der Waals surface area contributed by atoms with Crippen molar-refractivity contribution in [2.45, 2.75) is 77.0 Å². The Bertz CT molecular complexity index is 1230. The Morgan fingerprint density at radius 1 is 0.971 bits per heavy atom. The fraction of sp³-hybridized carbons (Fsp3) is 0.448. The van der Waals surface area contributed by atoms with Crippen molar-refractivity contribution in [3.63, 3.8) is 0 Å². The molecule has 3 aromatic rings. The van der Waals surface area contributed by atoms with E-state index in [1.165, 1.54) is 10.9 Å². The van der Waals surface area contributed by atoms with E-state index in [0.29, 0.717) is 17.5 Å². The highest BCUT2D eigenvalue weighted by Gasteiger charge is 2.30. The summed E-state index contributed by atoms with van der Waals surface area (Å²) in [6, 6.07) is 16.7. The quantitative estimate of drug-likeness (QED) is 0.522. The maximum absolute atomic E-state index is 12.8. The van der Waals surface area contributed by atoms with Crippen LogP contribution in [0.15, 0.2) is 48.5 Å². The monoisotopic (exact) mass is 473 g/mol. The number of amides is 1. The van der Waals surface area contributed by atoms with Gasteiger partial charge in [0.25, 0.3) is 5.91 Å². The normalized spacial score (nSPS) is 22.0. The molecule has 0 spiro atoms. The number of pyridine rings is 1. The highest BCUT2D eigenvalue weighted by atomic mass is 16.6. The number of fused-ring (bicyclic) bond motifs is 2. The van der Waals surface area contributed by atoms with Gasteiger partial charge in [0.15, 0.2) is 11.5 Å². The molecule has 1 aliphatic carbocycles. The van der Waals surface area contributed by atoms with E-state index < -0.39 is 6.10 Å². The Morgan fingerprint density at radius 3 is 2.43 bits per heavy atom. The van der Waals surface area contributed by atoms with Crippen LogP contribution in [0.4, 0.5) is 5.69 Å². The lowest BCUT2D eigenvalue weighted by Gasteiger charge is -2.32. The third-order valence-electron chi connectivity index (χ3n) is 6.97. The fourth-order valence-corrected chi connectivity index (χ4v) is 4.89. The lowest BCUT2D eigenvalue weighted by atomic mass is 9.89. The molecule has 1 aliphatic heterocycles. The largest absolute Gasteiger partial charge is 0.485 e. The lowest BCUT2D eigenvalue weighted by Crippen LogP contribution is -2.49. The average Bonchev–Trinajstić information content (AvgIpc) is 2.84.